The summed E-state index contributed by atoms with van der Waals surface area (Å²) in [5.74, 6) is -0.0299. The van der Waals surface area contributed by atoms with E-state index in [2.05, 4.69) is 20.5 Å². The monoisotopic (exact) mass is 402 g/mol. The maximum absolute atomic E-state index is 12.3. The number of nitrogens with zero attached hydrogens (tertiary/aromatic N) is 2. The summed E-state index contributed by atoms with van der Waals surface area (Å²) in [4.78, 5) is 33.3. The van der Waals surface area contributed by atoms with E-state index in [1.807, 2.05) is 32.9 Å². The molecule has 0 radical (unpaired) electrons. The third-order valence-corrected chi connectivity index (χ3v) is 5.56. The van der Waals surface area contributed by atoms with Gasteiger partial charge in [0.25, 0.3) is 5.56 Å². The van der Waals surface area contributed by atoms with Gasteiger partial charge in [-0.2, -0.15) is 5.10 Å². The molecule has 1 amide bonds. The molecular formula is C19H19ClN4O2S. The molecule has 0 spiro atoms. The maximum atomic E-state index is 12.3. The van der Waals surface area contributed by atoms with Gasteiger partial charge in [-0.3, -0.25) is 9.59 Å². The van der Waals surface area contributed by atoms with E-state index in [9.17, 15) is 9.59 Å². The van der Waals surface area contributed by atoms with Crippen LogP contribution in [0.5, 0.6) is 0 Å². The number of benzene rings is 1. The van der Waals surface area contributed by atoms with E-state index in [-0.39, 0.29) is 17.9 Å². The Bertz CT molecular complexity index is 1100. The first-order chi connectivity index (χ1) is 12.9. The van der Waals surface area contributed by atoms with Gasteiger partial charge in [-0.15, -0.1) is 11.3 Å². The summed E-state index contributed by atoms with van der Waals surface area (Å²) >= 11 is 7.46. The van der Waals surface area contributed by atoms with E-state index in [0.717, 1.165) is 16.0 Å². The summed E-state index contributed by atoms with van der Waals surface area (Å²) in [6, 6.07) is 7.29. The summed E-state index contributed by atoms with van der Waals surface area (Å²) < 4.78 is 0. The first-order valence-corrected chi connectivity index (χ1v) is 9.68. The number of aromatic nitrogens is 2. The highest BCUT2D eigenvalue weighted by Crippen LogP contribution is 2.25. The molecule has 2 heterocycles. The summed E-state index contributed by atoms with van der Waals surface area (Å²) in [6.45, 7) is 5.79. The van der Waals surface area contributed by atoms with E-state index in [4.69, 9.17) is 11.6 Å². The first kappa shape index (κ1) is 19.3. The summed E-state index contributed by atoms with van der Waals surface area (Å²) in [7, 11) is 0. The number of hydrogen-bond acceptors (Lipinski definition) is 5. The number of fused-ring (bicyclic) bond motifs is 1. The predicted molar refractivity (Wildman–Crippen MR) is 110 cm³/mol. The fourth-order valence-corrected chi connectivity index (χ4v) is 3.96. The van der Waals surface area contributed by atoms with Crippen LogP contribution in [-0.4, -0.2) is 21.6 Å². The normalized spacial score (nSPS) is 11.8. The van der Waals surface area contributed by atoms with Crippen molar-refractivity contribution < 1.29 is 4.79 Å². The average Bonchev–Trinajstić information content (AvgIpc) is 2.90. The summed E-state index contributed by atoms with van der Waals surface area (Å²) in [5.41, 5.74) is 4.80. The lowest BCUT2D eigenvalue weighted by atomic mass is 10.1. The Labute approximate surface area is 165 Å². The number of halogens is 1. The van der Waals surface area contributed by atoms with Crippen LogP contribution in [0.1, 0.15) is 35.2 Å². The van der Waals surface area contributed by atoms with Crippen molar-refractivity contribution in [1.82, 2.24) is 15.4 Å². The van der Waals surface area contributed by atoms with Crippen molar-refractivity contribution in [3.63, 3.8) is 0 Å². The molecule has 0 aliphatic carbocycles. The first-order valence-electron chi connectivity index (χ1n) is 8.49. The van der Waals surface area contributed by atoms with Crippen LogP contribution in [0, 0.1) is 13.8 Å². The maximum Gasteiger partial charge on any atom is 0.259 e. The highest BCUT2D eigenvalue weighted by atomic mass is 35.5. The Kier molecular flexibility index (Phi) is 5.72. The number of rotatable bonds is 5. The van der Waals surface area contributed by atoms with Gasteiger partial charge in [-0.05, 0) is 43.5 Å². The Hall–Kier alpha value is -2.51. The largest absolute Gasteiger partial charge is 0.309 e. The van der Waals surface area contributed by atoms with Crippen molar-refractivity contribution in [2.75, 3.05) is 0 Å². The zero-order valence-corrected chi connectivity index (χ0v) is 16.8. The highest BCUT2D eigenvalue weighted by molar-refractivity contribution is 7.18. The van der Waals surface area contributed by atoms with Crippen LogP contribution in [0.4, 0.5) is 0 Å². The second kappa shape index (κ2) is 8.02. The van der Waals surface area contributed by atoms with Gasteiger partial charge in [0.05, 0.1) is 17.5 Å². The van der Waals surface area contributed by atoms with E-state index in [1.54, 1.807) is 12.1 Å². The molecule has 2 aromatic heterocycles. The van der Waals surface area contributed by atoms with Crippen LogP contribution in [0.25, 0.3) is 10.2 Å². The number of thiophene rings is 1. The lowest BCUT2D eigenvalue weighted by Gasteiger charge is -2.06. The van der Waals surface area contributed by atoms with Gasteiger partial charge in [0.15, 0.2) is 0 Å². The van der Waals surface area contributed by atoms with Gasteiger partial charge in [-0.25, -0.2) is 10.4 Å². The van der Waals surface area contributed by atoms with Crippen molar-refractivity contribution in [3.8, 4) is 0 Å². The second-order valence-corrected chi connectivity index (χ2v) is 7.75. The van der Waals surface area contributed by atoms with Crippen molar-refractivity contribution in [2.24, 2.45) is 5.10 Å². The molecule has 0 fully saturated rings. The minimum absolute atomic E-state index is 0.0583. The second-order valence-electron chi connectivity index (χ2n) is 6.11. The molecule has 0 saturated heterocycles. The molecule has 2 N–H and O–H groups in total. The van der Waals surface area contributed by atoms with Crippen LogP contribution in [0.2, 0.25) is 5.02 Å². The van der Waals surface area contributed by atoms with Crippen molar-refractivity contribution >= 4 is 44.8 Å². The number of H-pyrrole nitrogens is 1. The summed E-state index contributed by atoms with van der Waals surface area (Å²) in [6.07, 6.45) is 0.576. The molecule has 6 nitrogen and oxygen atoms in total. The van der Waals surface area contributed by atoms with E-state index < -0.39 is 0 Å². The van der Waals surface area contributed by atoms with Crippen molar-refractivity contribution in [1.29, 1.82) is 0 Å². The minimum atomic E-state index is -0.351. The van der Waals surface area contributed by atoms with E-state index in [1.165, 1.54) is 11.3 Å². The Morgan fingerprint density at radius 1 is 1.37 bits per heavy atom. The zero-order chi connectivity index (χ0) is 19.6. The molecule has 0 unspecified atom stereocenters. The quantitative estimate of drug-likeness (QED) is 0.503. The predicted octanol–water partition coefficient (Wildman–Crippen LogP) is 3.73. The topological polar surface area (TPSA) is 87.2 Å². The third-order valence-electron chi connectivity index (χ3n) is 4.22. The lowest BCUT2D eigenvalue weighted by molar-refractivity contribution is -0.120. The Balaban J connectivity index is 1.77. The van der Waals surface area contributed by atoms with Crippen molar-refractivity contribution in [3.05, 3.63) is 61.5 Å². The molecular weight excluding hydrogens is 384 g/mol. The van der Waals surface area contributed by atoms with Crippen LogP contribution in [0.15, 0.2) is 34.2 Å². The van der Waals surface area contributed by atoms with Crippen LogP contribution >= 0.6 is 22.9 Å². The number of aryl methyl sites for hydroxylation is 2. The molecule has 0 bridgehead atoms. The van der Waals surface area contributed by atoms with Gasteiger partial charge in [0, 0.05) is 9.90 Å². The number of aromatic amines is 1. The highest BCUT2D eigenvalue weighted by Gasteiger charge is 2.13. The van der Waals surface area contributed by atoms with Crippen LogP contribution < -0.4 is 11.0 Å². The number of hydrogen-bond donors (Lipinski definition) is 2. The lowest BCUT2D eigenvalue weighted by Crippen LogP contribution is -2.24. The average molecular weight is 403 g/mol. The molecule has 27 heavy (non-hydrogen) atoms. The molecule has 0 aliphatic heterocycles. The van der Waals surface area contributed by atoms with Gasteiger partial charge in [-0.1, -0.05) is 30.7 Å². The van der Waals surface area contributed by atoms with E-state index in [0.29, 0.717) is 33.2 Å². The van der Waals surface area contributed by atoms with Crippen LogP contribution in [0.3, 0.4) is 0 Å². The molecule has 1 aromatic carbocycles. The Morgan fingerprint density at radius 3 is 2.85 bits per heavy atom. The fourth-order valence-electron chi connectivity index (χ4n) is 2.72. The van der Waals surface area contributed by atoms with Gasteiger partial charge in [0.2, 0.25) is 5.91 Å². The smallest absolute Gasteiger partial charge is 0.259 e. The minimum Gasteiger partial charge on any atom is -0.309 e. The molecule has 0 saturated carbocycles. The number of hydrazone groups is 1. The van der Waals surface area contributed by atoms with Crippen molar-refractivity contribution in [2.45, 2.75) is 33.6 Å². The molecule has 3 aromatic rings. The molecule has 8 heteroatoms. The molecule has 140 valence electrons. The number of nitrogens with one attached hydrogen (secondary N) is 2. The van der Waals surface area contributed by atoms with E-state index >= 15 is 0 Å². The fraction of sp³-hybridized carbons (Fsp3) is 0.263. The van der Waals surface area contributed by atoms with Gasteiger partial charge in [0.1, 0.15) is 10.7 Å². The SMILES string of the molecule is CC/C(=N\NC(=O)Cc1nc2sc(C)c(C)c2c(=O)[nH]1)c1cccc(Cl)c1. The number of carbonyl (C=O) groups is 1. The van der Waals surface area contributed by atoms with Gasteiger partial charge < -0.3 is 4.98 Å². The third kappa shape index (κ3) is 4.26. The van der Waals surface area contributed by atoms with Crippen LogP contribution in [-0.2, 0) is 11.2 Å². The summed E-state index contributed by atoms with van der Waals surface area (Å²) in [5, 5.41) is 5.39. The Morgan fingerprint density at radius 2 is 2.15 bits per heavy atom. The zero-order valence-electron chi connectivity index (χ0n) is 15.2. The number of amides is 1. The number of carbonyl (C=O) groups excluding carboxylic acids is 1. The molecule has 0 atom stereocenters. The molecule has 0 aliphatic rings. The van der Waals surface area contributed by atoms with Gasteiger partial charge >= 0.3 is 0 Å². The molecule has 3 rings (SSSR count). The standard InChI is InChI=1S/C19H19ClN4O2S/c1-4-14(12-6-5-7-13(20)8-12)23-24-16(25)9-15-21-18(26)17-10(2)11(3)27-19(17)22-15/h5-8H,4,9H2,1-3H3,(H,24,25)(H,21,22,26)/b23-14+.